The number of aliphatic carboxylic acids is 1. The quantitative estimate of drug-likeness (QED) is 0.852. The minimum Gasteiger partial charge on any atom is -0.481 e. The van der Waals surface area contributed by atoms with Gasteiger partial charge in [-0.3, -0.25) is 9.59 Å². The van der Waals surface area contributed by atoms with E-state index >= 15 is 0 Å². The van der Waals surface area contributed by atoms with Crippen molar-refractivity contribution in [3.8, 4) is 0 Å². The molecule has 1 aliphatic heterocycles. The van der Waals surface area contributed by atoms with Crippen molar-refractivity contribution >= 4 is 11.9 Å². The molecule has 0 aromatic heterocycles. The average molecular weight is 267 g/mol. The Hall–Kier alpha value is -1.06. The molecular formula is C15H25NO3. The number of carboxylic acids is 1. The molecule has 2 fully saturated rings. The van der Waals surface area contributed by atoms with Crippen LogP contribution in [0.3, 0.4) is 0 Å². The second-order valence-electron chi connectivity index (χ2n) is 6.20. The van der Waals surface area contributed by atoms with Crippen molar-refractivity contribution in [2.45, 2.75) is 58.3 Å². The summed E-state index contributed by atoms with van der Waals surface area (Å²) >= 11 is 0. The predicted molar refractivity (Wildman–Crippen MR) is 72.7 cm³/mol. The Bertz CT molecular complexity index is 347. The Kier molecular flexibility index (Phi) is 4.48. The van der Waals surface area contributed by atoms with Crippen LogP contribution in [0.25, 0.3) is 0 Å². The van der Waals surface area contributed by atoms with Gasteiger partial charge in [-0.25, -0.2) is 0 Å². The van der Waals surface area contributed by atoms with Crippen molar-refractivity contribution in [2.24, 2.45) is 11.3 Å². The van der Waals surface area contributed by atoms with E-state index in [1.807, 2.05) is 4.90 Å². The summed E-state index contributed by atoms with van der Waals surface area (Å²) < 4.78 is 0. The highest BCUT2D eigenvalue weighted by atomic mass is 16.4. The van der Waals surface area contributed by atoms with Crippen LogP contribution >= 0.6 is 0 Å². The number of hydrogen-bond acceptors (Lipinski definition) is 2. The maximum absolute atomic E-state index is 12.8. The van der Waals surface area contributed by atoms with Crippen LogP contribution in [0, 0.1) is 11.3 Å². The van der Waals surface area contributed by atoms with E-state index in [1.165, 1.54) is 0 Å². The van der Waals surface area contributed by atoms with E-state index in [0.717, 1.165) is 51.5 Å². The van der Waals surface area contributed by atoms with E-state index in [-0.39, 0.29) is 17.8 Å². The zero-order valence-corrected chi connectivity index (χ0v) is 11.9. The summed E-state index contributed by atoms with van der Waals surface area (Å²) in [5.74, 6) is -0.307. The Morgan fingerprint density at radius 2 is 1.95 bits per heavy atom. The first-order valence-electron chi connectivity index (χ1n) is 7.58. The molecule has 4 heteroatoms. The smallest absolute Gasteiger partial charge is 0.303 e. The van der Waals surface area contributed by atoms with Crippen LogP contribution in [0.15, 0.2) is 0 Å². The van der Waals surface area contributed by atoms with Crippen molar-refractivity contribution < 1.29 is 14.7 Å². The van der Waals surface area contributed by atoms with E-state index in [0.29, 0.717) is 12.5 Å². The molecule has 1 atom stereocenters. The molecule has 2 aliphatic rings. The third kappa shape index (κ3) is 3.10. The van der Waals surface area contributed by atoms with Gasteiger partial charge >= 0.3 is 5.97 Å². The maximum Gasteiger partial charge on any atom is 0.303 e. The Morgan fingerprint density at radius 1 is 1.26 bits per heavy atom. The van der Waals surface area contributed by atoms with Gasteiger partial charge in [-0.2, -0.15) is 0 Å². The first-order valence-corrected chi connectivity index (χ1v) is 7.58. The monoisotopic (exact) mass is 267 g/mol. The van der Waals surface area contributed by atoms with Gasteiger partial charge < -0.3 is 10.0 Å². The molecular weight excluding hydrogens is 242 g/mol. The van der Waals surface area contributed by atoms with Gasteiger partial charge in [0.05, 0.1) is 0 Å². The fraction of sp³-hybridized carbons (Fsp3) is 0.867. The SMILES string of the molecule is CCC1(C(=O)N2CCCC(CC(=O)O)C2)CCCC1. The van der Waals surface area contributed by atoms with Crippen LogP contribution in [-0.4, -0.2) is 35.0 Å². The number of likely N-dealkylation sites (tertiary alicyclic amines) is 1. The molecule has 0 bridgehead atoms. The van der Waals surface area contributed by atoms with Gasteiger partial charge in [-0.05, 0) is 38.0 Å². The van der Waals surface area contributed by atoms with E-state index in [9.17, 15) is 9.59 Å². The molecule has 1 saturated carbocycles. The lowest BCUT2D eigenvalue weighted by Crippen LogP contribution is -2.47. The van der Waals surface area contributed by atoms with Gasteiger partial charge in [-0.15, -0.1) is 0 Å². The zero-order chi connectivity index (χ0) is 13.9. The number of hydrogen-bond donors (Lipinski definition) is 1. The maximum atomic E-state index is 12.8. The van der Waals surface area contributed by atoms with Crippen LogP contribution in [0.1, 0.15) is 58.3 Å². The molecule has 0 aromatic carbocycles. The highest BCUT2D eigenvalue weighted by Crippen LogP contribution is 2.43. The molecule has 4 nitrogen and oxygen atoms in total. The van der Waals surface area contributed by atoms with Crippen molar-refractivity contribution in [3.05, 3.63) is 0 Å². The molecule has 1 heterocycles. The van der Waals surface area contributed by atoms with Crippen molar-refractivity contribution in [1.29, 1.82) is 0 Å². The summed E-state index contributed by atoms with van der Waals surface area (Å²) in [5.41, 5.74) is -0.134. The number of rotatable bonds is 4. The van der Waals surface area contributed by atoms with Gasteiger partial charge in [0, 0.05) is 24.9 Å². The van der Waals surface area contributed by atoms with Gasteiger partial charge in [0.1, 0.15) is 0 Å². The first kappa shape index (κ1) is 14.4. The van der Waals surface area contributed by atoms with Crippen LogP contribution < -0.4 is 0 Å². The molecule has 19 heavy (non-hydrogen) atoms. The lowest BCUT2D eigenvalue weighted by Gasteiger charge is -2.38. The predicted octanol–water partition coefficient (Wildman–Crippen LogP) is 2.67. The van der Waals surface area contributed by atoms with Gasteiger partial charge in [-0.1, -0.05) is 19.8 Å². The minimum atomic E-state index is -0.745. The molecule has 1 amide bonds. The van der Waals surface area contributed by atoms with Crippen LogP contribution in [0.2, 0.25) is 0 Å². The summed E-state index contributed by atoms with van der Waals surface area (Å²) in [6.07, 6.45) is 7.36. The molecule has 1 aliphatic carbocycles. The third-order valence-corrected chi connectivity index (χ3v) is 4.96. The zero-order valence-electron chi connectivity index (χ0n) is 11.9. The molecule has 0 radical (unpaired) electrons. The topological polar surface area (TPSA) is 57.6 Å². The van der Waals surface area contributed by atoms with Crippen molar-refractivity contribution in [3.63, 3.8) is 0 Å². The van der Waals surface area contributed by atoms with Crippen LogP contribution in [0.4, 0.5) is 0 Å². The third-order valence-electron chi connectivity index (χ3n) is 4.96. The number of nitrogens with zero attached hydrogens (tertiary/aromatic N) is 1. The highest BCUT2D eigenvalue weighted by molar-refractivity contribution is 5.83. The van der Waals surface area contributed by atoms with E-state index < -0.39 is 5.97 Å². The van der Waals surface area contributed by atoms with Gasteiger partial charge in [0.15, 0.2) is 0 Å². The largest absolute Gasteiger partial charge is 0.481 e. The Morgan fingerprint density at radius 3 is 2.53 bits per heavy atom. The average Bonchev–Trinajstić information content (AvgIpc) is 2.87. The second-order valence-corrected chi connectivity index (χ2v) is 6.20. The molecule has 0 aromatic rings. The highest BCUT2D eigenvalue weighted by Gasteiger charge is 2.42. The van der Waals surface area contributed by atoms with Crippen molar-refractivity contribution in [2.75, 3.05) is 13.1 Å². The Labute approximate surface area is 115 Å². The summed E-state index contributed by atoms with van der Waals surface area (Å²) in [7, 11) is 0. The van der Waals surface area contributed by atoms with E-state index in [1.54, 1.807) is 0 Å². The second kappa shape index (κ2) is 5.93. The minimum absolute atomic E-state index is 0.134. The number of carboxylic acid groups (broad SMARTS) is 1. The van der Waals surface area contributed by atoms with Crippen LogP contribution in [0.5, 0.6) is 0 Å². The van der Waals surface area contributed by atoms with E-state index in [2.05, 4.69) is 6.92 Å². The Balaban J connectivity index is 2.00. The standard InChI is InChI=1S/C15H25NO3/c1-2-15(7-3-4-8-15)14(19)16-9-5-6-12(11-16)10-13(17)18/h12H,2-11H2,1H3,(H,17,18). The molecule has 1 N–H and O–H groups in total. The summed E-state index contributed by atoms with van der Waals surface area (Å²) in [6.45, 7) is 3.57. The lowest BCUT2D eigenvalue weighted by molar-refractivity contribution is -0.146. The van der Waals surface area contributed by atoms with E-state index in [4.69, 9.17) is 5.11 Å². The fourth-order valence-electron chi connectivity index (χ4n) is 3.77. The number of carbonyl (C=O) groups is 2. The van der Waals surface area contributed by atoms with Gasteiger partial charge in [0.2, 0.25) is 5.91 Å². The van der Waals surface area contributed by atoms with Crippen molar-refractivity contribution in [1.82, 2.24) is 4.90 Å². The molecule has 2 rings (SSSR count). The number of amides is 1. The molecule has 1 unspecified atom stereocenters. The van der Waals surface area contributed by atoms with Gasteiger partial charge in [0.25, 0.3) is 0 Å². The first-order chi connectivity index (χ1) is 9.07. The lowest BCUT2D eigenvalue weighted by atomic mass is 9.81. The fourth-order valence-corrected chi connectivity index (χ4v) is 3.77. The summed E-state index contributed by atoms with van der Waals surface area (Å²) in [6, 6.07) is 0. The molecule has 1 saturated heterocycles. The van der Waals surface area contributed by atoms with Crippen LogP contribution in [-0.2, 0) is 9.59 Å². The number of carbonyl (C=O) groups excluding carboxylic acids is 1. The summed E-state index contributed by atoms with van der Waals surface area (Å²) in [5, 5.41) is 8.90. The summed E-state index contributed by atoms with van der Waals surface area (Å²) in [4.78, 5) is 25.5. The normalized spacial score (nSPS) is 26.4. The number of piperidine rings is 1. The molecule has 0 spiro atoms. The molecule has 108 valence electrons.